The molecule has 1 aromatic carbocycles. The van der Waals surface area contributed by atoms with Gasteiger partial charge in [-0.3, -0.25) is 0 Å². The SMILES string of the molecule is CCOC(C(=O)O)c1cc(OC)c(OC)cc1OC. The molecule has 1 rings (SSSR count). The minimum atomic E-state index is -1.11. The highest BCUT2D eigenvalue weighted by atomic mass is 16.5. The van der Waals surface area contributed by atoms with E-state index in [0.717, 1.165) is 0 Å². The molecule has 6 nitrogen and oxygen atoms in total. The number of hydrogen-bond acceptors (Lipinski definition) is 5. The molecule has 0 aliphatic rings. The number of aliphatic carboxylic acids is 1. The van der Waals surface area contributed by atoms with Gasteiger partial charge in [0.05, 0.1) is 21.3 Å². The summed E-state index contributed by atoms with van der Waals surface area (Å²) >= 11 is 0. The van der Waals surface area contributed by atoms with E-state index >= 15 is 0 Å². The Morgan fingerprint density at radius 1 is 1.11 bits per heavy atom. The molecule has 106 valence electrons. The van der Waals surface area contributed by atoms with Gasteiger partial charge >= 0.3 is 5.97 Å². The number of methoxy groups -OCH3 is 3. The second kappa shape index (κ2) is 6.84. The third-order valence-electron chi connectivity index (χ3n) is 2.58. The molecule has 0 spiro atoms. The molecule has 0 aromatic heterocycles. The van der Waals surface area contributed by atoms with Crippen LogP contribution in [0.3, 0.4) is 0 Å². The highest BCUT2D eigenvalue weighted by molar-refractivity contribution is 5.76. The summed E-state index contributed by atoms with van der Waals surface area (Å²) < 4.78 is 20.7. The zero-order valence-electron chi connectivity index (χ0n) is 11.4. The monoisotopic (exact) mass is 270 g/mol. The van der Waals surface area contributed by atoms with Gasteiger partial charge in [0, 0.05) is 18.2 Å². The molecular formula is C13H18O6. The largest absolute Gasteiger partial charge is 0.496 e. The number of hydrogen-bond donors (Lipinski definition) is 1. The van der Waals surface area contributed by atoms with Crippen molar-refractivity contribution in [3.05, 3.63) is 17.7 Å². The van der Waals surface area contributed by atoms with Crippen molar-refractivity contribution in [1.82, 2.24) is 0 Å². The molecule has 1 N–H and O–H groups in total. The maximum absolute atomic E-state index is 11.3. The molecule has 0 aliphatic carbocycles. The van der Waals surface area contributed by atoms with Crippen LogP contribution in [0, 0.1) is 0 Å². The third-order valence-corrected chi connectivity index (χ3v) is 2.58. The van der Waals surface area contributed by atoms with Crippen LogP contribution in [0.2, 0.25) is 0 Å². The number of rotatable bonds is 7. The summed E-state index contributed by atoms with van der Waals surface area (Å²) in [7, 11) is 4.42. The van der Waals surface area contributed by atoms with Gasteiger partial charge in [-0.05, 0) is 13.0 Å². The highest BCUT2D eigenvalue weighted by Gasteiger charge is 2.26. The quantitative estimate of drug-likeness (QED) is 0.815. The van der Waals surface area contributed by atoms with Crippen LogP contribution in [0.15, 0.2) is 12.1 Å². The topological polar surface area (TPSA) is 74.2 Å². The predicted octanol–water partition coefficient (Wildman–Crippen LogP) is 1.87. The molecule has 0 aliphatic heterocycles. The number of carboxylic acid groups (broad SMARTS) is 1. The molecule has 19 heavy (non-hydrogen) atoms. The van der Waals surface area contributed by atoms with E-state index < -0.39 is 12.1 Å². The van der Waals surface area contributed by atoms with Gasteiger partial charge in [-0.15, -0.1) is 0 Å². The maximum atomic E-state index is 11.3. The van der Waals surface area contributed by atoms with Crippen molar-refractivity contribution < 1.29 is 28.8 Å². The molecule has 0 bridgehead atoms. The van der Waals surface area contributed by atoms with Crippen LogP contribution in [0.25, 0.3) is 0 Å². The lowest BCUT2D eigenvalue weighted by Crippen LogP contribution is -2.16. The van der Waals surface area contributed by atoms with Crippen LogP contribution in [0.4, 0.5) is 0 Å². The van der Waals surface area contributed by atoms with Gasteiger partial charge in [-0.25, -0.2) is 4.79 Å². The standard InChI is InChI=1S/C13H18O6/c1-5-19-12(13(14)15)8-6-10(17-3)11(18-4)7-9(8)16-2/h6-7,12H,5H2,1-4H3,(H,14,15). The van der Waals surface area contributed by atoms with Crippen molar-refractivity contribution in [2.24, 2.45) is 0 Å². The zero-order chi connectivity index (χ0) is 14.4. The molecule has 0 radical (unpaired) electrons. The molecule has 1 atom stereocenters. The molecule has 0 amide bonds. The summed E-state index contributed by atoms with van der Waals surface area (Å²) in [6.07, 6.45) is -1.11. The normalized spacial score (nSPS) is 11.8. The van der Waals surface area contributed by atoms with Crippen molar-refractivity contribution in [2.75, 3.05) is 27.9 Å². The number of carbonyl (C=O) groups is 1. The summed E-state index contributed by atoms with van der Waals surface area (Å²) in [6.45, 7) is 2.00. The number of benzene rings is 1. The van der Waals surface area contributed by atoms with Crippen LogP contribution in [0.5, 0.6) is 17.2 Å². The second-order valence-electron chi connectivity index (χ2n) is 3.62. The Hall–Kier alpha value is -1.95. The van der Waals surface area contributed by atoms with Gasteiger partial charge in [-0.1, -0.05) is 0 Å². The van der Waals surface area contributed by atoms with Gasteiger partial charge in [0.15, 0.2) is 17.6 Å². The predicted molar refractivity (Wildman–Crippen MR) is 68.1 cm³/mol. The van der Waals surface area contributed by atoms with E-state index in [4.69, 9.17) is 18.9 Å². The maximum Gasteiger partial charge on any atom is 0.337 e. The fraction of sp³-hybridized carbons (Fsp3) is 0.462. The summed E-state index contributed by atoms with van der Waals surface area (Å²) in [5.41, 5.74) is 0.384. The minimum absolute atomic E-state index is 0.272. The fourth-order valence-electron chi connectivity index (χ4n) is 1.72. The molecule has 0 fully saturated rings. The molecule has 0 saturated carbocycles. The van der Waals surface area contributed by atoms with Crippen molar-refractivity contribution in [3.8, 4) is 17.2 Å². The first kappa shape index (κ1) is 15.1. The van der Waals surface area contributed by atoms with Crippen molar-refractivity contribution in [1.29, 1.82) is 0 Å². The summed E-state index contributed by atoms with van der Waals surface area (Å²) in [5.74, 6) is 0.166. The van der Waals surface area contributed by atoms with E-state index in [1.165, 1.54) is 21.3 Å². The van der Waals surface area contributed by atoms with E-state index in [-0.39, 0.29) is 6.61 Å². The first-order valence-corrected chi connectivity index (χ1v) is 5.73. The lowest BCUT2D eigenvalue weighted by molar-refractivity contribution is -0.150. The molecule has 0 saturated heterocycles. The van der Waals surface area contributed by atoms with Crippen LogP contribution >= 0.6 is 0 Å². The van der Waals surface area contributed by atoms with Gasteiger partial charge < -0.3 is 24.1 Å². The van der Waals surface area contributed by atoms with Gasteiger partial charge in [0.25, 0.3) is 0 Å². The van der Waals surface area contributed by atoms with Crippen LogP contribution < -0.4 is 14.2 Å². The third kappa shape index (κ3) is 3.29. The molecule has 6 heteroatoms. The number of ether oxygens (including phenoxy) is 4. The van der Waals surface area contributed by atoms with E-state index in [1.54, 1.807) is 19.1 Å². The van der Waals surface area contributed by atoms with E-state index in [2.05, 4.69) is 0 Å². The van der Waals surface area contributed by atoms with E-state index in [1.807, 2.05) is 0 Å². The Morgan fingerprint density at radius 2 is 1.63 bits per heavy atom. The number of carboxylic acids is 1. The zero-order valence-corrected chi connectivity index (χ0v) is 11.4. The smallest absolute Gasteiger partial charge is 0.337 e. The van der Waals surface area contributed by atoms with Crippen molar-refractivity contribution in [2.45, 2.75) is 13.0 Å². The lowest BCUT2D eigenvalue weighted by atomic mass is 10.1. The summed E-state index contributed by atoms with van der Waals surface area (Å²) in [5, 5.41) is 9.22. The second-order valence-corrected chi connectivity index (χ2v) is 3.62. The summed E-state index contributed by atoms with van der Waals surface area (Å²) in [6, 6.07) is 3.12. The Balaban J connectivity index is 3.34. The Labute approximate surface area is 111 Å². The van der Waals surface area contributed by atoms with Crippen molar-refractivity contribution >= 4 is 5.97 Å². The first-order chi connectivity index (χ1) is 9.08. The van der Waals surface area contributed by atoms with Crippen molar-refractivity contribution in [3.63, 3.8) is 0 Å². The van der Waals surface area contributed by atoms with Gasteiger partial charge in [-0.2, -0.15) is 0 Å². The minimum Gasteiger partial charge on any atom is -0.496 e. The first-order valence-electron chi connectivity index (χ1n) is 5.73. The van der Waals surface area contributed by atoms with Crippen LogP contribution in [0.1, 0.15) is 18.6 Å². The van der Waals surface area contributed by atoms with Gasteiger partial charge in [0.1, 0.15) is 5.75 Å². The lowest BCUT2D eigenvalue weighted by Gasteiger charge is -2.18. The average molecular weight is 270 g/mol. The molecule has 0 heterocycles. The molecular weight excluding hydrogens is 252 g/mol. The molecule has 1 unspecified atom stereocenters. The van der Waals surface area contributed by atoms with E-state index in [0.29, 0.717) is 22.8 Å². The van der Waals surface area contributed by atoms with Crippen LogP contribution in [-0.2, 0) is 9.53 Å². The van der Waals surface area contributed by atoms with E-state index in [9.17, 15) is 9.90 Å². The average Bonchev–Trinajstić information content (AvgIpc) is 2.42. The fourth-order valence-corrected chi connectivity index (χ4v) is 1.72. The summed E-state index contributed by atoms with van der Waals surface area (Å²) in [4.78, 5) is 11.3. The molecule has 1 aromatic rings. The highest BCUT2D eigenvalue weighted by Crippen LogP contribution is 2.38. The van der Waals surface area contributed by atoms with Crippen LogP contribution in [-0.4, -0.2) is 39.0 Å². The Morgan fingerprint density at radius 3 is 2.05 bits per heavy atom. The Kier molecular flexibility index (Phi) is 5.44. The van der Waals surface area contributed by atoms with Gasteiger partial charge in [0.2, 0.25) is 0 Å². The Bertz CT molecular complexity index is 443.